The molecule has 0 saturated heterocycles. The van der Waals surface area contributed by atoms with E-state index in [0.29, 0.717) is 29.1 Å². The van der Waals surface area contributed by atoms with Crippen LogP contribution in [0.5, 0.6) is 5.75 Å². The van der Waals surface area contributed by atoms with Crippen molar-refractivity contribution in [1.82, 2.24) is 10.2 Å². The lowest BCUT2D eigenvalue weighted by Gasteiger charge is -2.16. The van der Waals surface area contributed by atoms with E-state index in [1.807, 2.05) is 12.1 Å². The Labute approximate surface area is 161 Å². The fourth-order valence-corrected chi connectivity index (χ4v) is 4.46. The van der Waals surface area contributed by atoms with Crippen LogP contribution in [0.3, 0.4) is 0 Å². The van der Waals surface area contributed by atoms with E-state index in [9.17, 15) is 4.79 Å². The lowest BCUT2D eigenvalue weighted by molar-refractivity contribution is 0.103. The fourth-order valence-electron chi connectivity index (χ4n) is 3.35. The van der Waals surface area contributed by atoms with Gasteiger partial charge in [-0.25, -0.2) is 0 Å². The quantitative estimate of drug-likeness (QED) is 0.718. The molecule has 7 heteroatoms. The van der Waals surface area contributed by atoms with Crippen molar-refractivity contribution >= 4 is 22.9 Å². The maximum Gasteiger partial charge on any atom is 0.265 e. The number of nitrogens with zero attached hydrogens (tertiary/aromatic N) is 2. The largest absolute Gasteiger partial charge is 0.495 e. The molecule has 0 saturated carbocycles. The highest BCUT2D eigenvalue weighted by atomic mass is 32.1. The van der Waals surface area contributed by atoms with Crippen LogP contribution in [0.2, 0.25) is 0 Å². The Morgan fingerprint density at radius 1 is 1.33 bits per heavy atom. The molecule has 27 heavy (non-hydrogen) atoms. The Bertz CT molecular complexity index is 992. The fraction of sp³-hybridized carbons (Fsp3) is 0.350. The van der Waals surface area contributed by atoms with Gasteiger partial charge in [0, 0.05) is 17.4 Å². The zero-order valence-electron chi connectivity index (χ0n) is 15.5. The molecule has 1 N–H and O–H groups in total. The molecule has 0 bridgehead atoms. The maximum atomic E-state index is 12.8. The number of ether oxygens (including phenoxy) is 1. The van der Waals surface area contributed by atoms with Gasteiger partial charge in [-0.2, -0.15) is 0 Å². The van der Waals surface area contributed by atoms with Crippen molar-refractivity contribution in [2.45, 2.75) is 33.1 Å². The van der Waals surface area contributed by atoms with Crippen LogP contribution in [0.4, 0.5) is 5.69 Å². The molecule has 3 aromatic rings. The van der Waals surface area contributed by atoms with E-state index in [2.05, 4.69) is 22.4 Å². The second kappa shape index (κ2) is 7.15. The normalized spacial score (nSPS) is 16.0. The van der Waals surface area contributed by atoms with Crippen LogP contribution in [0.25, 0.3) is 11.5 Å². The van der Waals surface area contributed by atoms with E-state index in [-0.39, 0.29) is 5.91 Å². The summed E-state index contributed by atoms with van der Waals surface area (Å²) in [6, 6.07) is 7.43. The predicted molar refractivity (Wildman–Crippen MR) is 104 cm³/mol. The SMILES string of the molecule is COc1ccc(-c2nnc(C)o2)cc1NC(=O)c1cc2c(s1)CCC(C)C2. The summed E-state index contributed by atoms with van der Waals surface area (Å²) < 4.78 is 10.9. The number of benzene rings is 1. The highest BCUT2D eigenvalue weighted by molar-refractivity contribution is 7.14. The number of thiophene rings is 1. The van der Waals surface area contributed by atoms with Crippen LogP contribution in [0.15, 0.2) is 28.7 Å². The van der Waals surface area contributed by atoms with Crippen molar-refractivity contribution in [3.05, 3.63) is 45.5 Å². The van der Waals surface area contributed by atoms with Gasteiger partial charge < -0.3 is 14.5 Å². The van der Waals surface area contributed by atoms with Crippen LogP contribution in [0.1, 0.15) is 39.3 Å². The zero-order chi connectivity index (χ0) is 19.0. The van der Waals surface area contributed by atoms with Gasteiger partial charge in [-0.3, -0.25) is 4.79 Å². The summed E-state index contributed by atoms with van der Waals surface area (Å²) in [5, 5.41) is 10.9. The van der Waals surface area contributed by atoms with Crippen molar-refractivity contribution in [2.75, 3.05) is 12.4 Å². The van der Waals surface area contributed by atoms with Gasteiger partial charge in [-0.05, 0) is 55.0 Å². The second-order valence-corrected chi connectivity index (χ2v) is 8.04. The lowest BCUT2D eigenvalue weighted by atomic mass is 9.90. The van der Waals surface area contributed by atoms with E-state index in [0.717, 1.165) is 23.3 Å². The first kappa shape index (κ1) is 17.7. The van der Waals surface area contributed by atoms with E-state index < -0.39 is 0 Å². The number of fused-ring (bicyclic) bond motifs is 1. The molecule has 6 nitrogen and oxygen atoms in total. The van der Waals surface area contributed by atoms with Crippen molar-refractivity contribution < 1.29 is 13.9 Å². The minimum absolute atomic E-state index is 0.126. The number of nitrogens with one attached hydrogen (secondary N) is 1. The molecular weight excluding hydrogens is 362 g/mol. The molecular formula is C20H21N3O3S. The topological polar surface area (TPSA) is 77.2 Å². The number of anilines is 1. The number of carbonyl (C=O) groups excluding carboxylic acids is 1. The highest BCUT2D eigenvalue weighted by Crippen LogP contribution is 2.34. The average molecular weight is 383 g/mol. The first-order chi connectivity index (χ1) is 13.0. The minimum Gasteiger partial charge on any atom is -0.495 e. The predicted octanol–water partition coefficient (Wildman–Crippen LogP) is 4.49. The van der Waals surface area contributed by atoms with Crippen LogP contribution in [0, 0.1) is 12.8 Å². The van der Waals surface area contributed by atoms with E-state index in [1.54, 1.807) is 37.5 Å². The molecule has 1 aliphatic carbocycles. The summed E-state index contributed by atoms with van der Waals surface area (Å²) in [7, 11) is 1.58. The third-order valence-electron chi connectivity index (χ3n) is 4.77. The molecule has 1 amide bonds. The zero-order valence-corrected chi connectivity index (χ0v) is 16.4. The molecule has 0 radical (unpaired) electrons. The Morgan fingerprint density at radius 2 is 2.19 bits per heavy atom. The van der Waals surface area contributed by atoms with Gasteiger partial charge in [0.1, 0.15) is 5.75 Å². The number of methoxy groups -OCH3 is 1. The number of hydrogen-bond donors (Lipinski definition) is 1. The van der Waals surface area contributed by atoms with Gasteiger partial charge in [0.2, 0.25) is 11.8 Å². The summed E-state index contributed by atoms with van der Waals surface area (Å²) in [6.07, 6.45) is 3.30. The molecule has 2 heterocycles. The molecule has 0 fully saturated rings. The summed E-state index contributed by atoms with van der Waals surface area (Å²) in [6.45, 7) is 4.00. The third kappa shape index (κ3) is 3.60. The van der Waals surface area contributed by atoms with Gasteiger partial charge in [-0.15, -0.1) is 21.5 Å². The van der Waals surface area contributed by atoms with Crippen molar-refractivity contribution in [3.8, 4) is 17.2 Å². The molecule has 1 unspecified atom stereocenters. The summed E-state index contributed by atoms with van der Waals surface area (Å²) in [5.41, 5.74) is 2.62. The van der Waals surface area contributed by atoms with Gasteiger partial charge in [-0.1, -0.05) is 6.92 Å². The molecule has 0 aliphatic heterocycles. The number of rotatable bonds is 4. The van der Waals surface area contributed by atoms with Crippen LogP contribution in [-0.2, 0) is 12.8 Å². The Morgan fingerprint density at radius 3 is 2.93 bits per heavy atom. The third-order valence-corrected chi connectivity index (χ3v) is 6.01. The molecule has 4 rings (SSSR count). The first-order valence-electron chi connectivity index (χ1n) is 8.95. The maximum absolute atomic E-state index is 12.8. The Kier molecular flexibility index (Phi) is 4.70. The van der Waals surface area contributed by atoms with Crippen LogP contribution < -0.4 is 10.1 Å². The van der Waals surface area contributed by atoms with Crippen LogP contribution >= 0.6 is 11.3 Å². The minimum atomic E-state index is -0.126. The van der Waals surface area contributed by atoms with Crippen molar-refractivity contribution in [1.29, 1.82) is 0 Å². The number of aromatic nitrogens is 2. The lowest BCUT2D eigenvalue weighted by Crippen LogP contribution is -2.11. The number of hydrogen-bond acceptors (Lipinski definition) is 6. The van der Waals surface area contributed by atoms with Crippen LogP contribution in [-0.4, -0.2) is 23.2 Å². The monoisotopic (exact) mass is 383 g/mol. The molecule has 1 aliphatic rings. The molecule has 2 aromatic heterocycles. The molecule has 1 aromatic carbocycles. The summed E-state index contributed by atoms with van der Waals surface area (Å²) in [5.74, 6) is 2.03. The summed E-state index contributed by atoms with van der Waals surface area (Å²) >= 11 is 1.59. The van der Waals surface area contributed by atoms with Gasteiger partial charge in [0.15, 0.2) is 0 Å². The highest BCUT2D eigenvalue weighted by Gasteiger charge is 2.21. The molecule has 140 valence electrons. The average Bonchev–Trinajstić information content (AvgIpc) is 3.27. The Balaban J connectivity index is 1.60. The van der Waals surface area contributed by atoms with Crippen molar-refractivity contribution in [2.24, 2.45) is 5.92 Å². The molecule has 0 spiro atoms. The summed E-state index contributed by atoms with van der Waals surface area (Å²) in [4.78, 5) is 14.9. The van der Waals surface area contributed by atoms with E-state index in [4.69, 9.17) is 9.15 Å². The Hall–Kier alpha value is -2.67. The number of aryl methyl sites for hydroxylation is 2. The first-order valence-corrected chi connectivity index (χ1v) is 9.76. The second-order valence-electron chi connectivity index (χ2n) is 6.90. The van der Waals surface area contributed by atoms with Gasteiger partial charge in [0.05, 0.1) is 17.7 Å². The van der Waals surface area contributed by atoms with E-state index >= 15 is 0 Å². The standard InChI is InChI=1S/C20H21N3O3S/c1-11-4-7-17-14(8-11)10-18(27-17)19(24)21-15-9-13(5-6-16(15)25-3)20-23-22-12(2)26-20/h5-6,9-11H,4,7-8H2,1-3H3,(H,21,24). The van der Waals surface area contributed by atoms with Gasteiger partial charge in [0.25, 0.3) is 5.91 Å². The van der Waals surface area contributed by atoms with Crippen molar-refractivity contribution in [3.63, 3.8) is 0 Å². The number of amides is 1. The number of carbonyl (C=O) groups is 1. The van der Waals surface area contributed by atoms with Gasteiger partial charge >= 0.3 is 0 Å². The molecule has 1 atom stereocenters. The van der Waals surface area contributed by atoms with E-state index in [1.165, 1.54) is 16.9 Å². The smallest absolute Gasteiger partial charge is 0.265 e.